The van der Waals surface area contributed by atoms with Crippen molar-refractivity contribution >= 4 is 34.2 Å². The van der Waals surface area contributed by atoms with Gasteiger partial charge in [-0.3, -0.25) is 10.1 Å². The second kappa shape index (κ2) is 9.38. The Bertz CT molecular complexity index is 947. The lowest BCUT2D eigenvalue weighted by atomic mass is 10.2. The average Bonchev–Trinajstić information content (AvgIpc) is 3.16. The van der Waals surface area contributed by atoms with Gasteiger partial charge in [-0.1, -0.05) is 11.6 Å². The molecule has 0 saturated carbocycles. The minimum Gasteiger partial charge on any atom is -0.493 e. The van der Waals surface area contributed by atoms with Crippen LogP contribution in [0.1, 0.15) is 6.92 Å². The molecule has 28 heavy (non-hydrogen) atoms. The molecule has 3 aromatic rings. The van der Waals surface area contributed by atoms with E-state index in [2.05, 4.69) is 14.7 Å². The molecule has 9 heteroatoms. The van der Waals surface area contributed by atoms with E-state index in [9.17, 15) is 4.79 Å². The van der Waals surface area contributed by atoms with Gasteiger partial charge in [0, 0.05) is 22.1 Å². The quantitative estimate of drug-likeness (QED) is 0.586. The minimum atomic E-state index is -0.332. The van der Waals surface area contributed by atoms with Gasteiger partial charge in [-0.2, -0.15) is 9.36 Å². The molecule has 0 bridgehead atoms. The zero-order valence-corrected chi connectivity index (χ0v) is 16.8. The standard InChI is InChI=1S/C19H18ClN3O4S/c1-3-26-15-9-4-12(10-16(15)25-2)18-22-19(28-23-18)21-17(24)11-27-14-7-5-13(20)6-8-14/h4-10H,3,11H2,1-2H3,(H,21,22,23,24). The maximum atomic E-state index is 12.1. The van der Waals surface area contributed by atoms with E-state index in [-0.39, 0.29) is 12.5 Å². The van der Waals surface area contributed by atoms with E-state index in [0.29, 0.717) is 39.8 Å². The maximum absolute atomic E-state index is 12.1. The van der Waals surface area contributed by atoms with Gasteiger partial charge in [-0.05, 0) is 49.4 Å². The van der Waals surface area contributed by atoms with E-state index in [0.717, 1.165) is 17.1 Å². The normalized spacial score (nSPS) is 10.4. The highest BCUT2D eigenvalue weighted by molar-refractivity contribution is 7.10. The molecule has 146 valence electrons. The first-order valence-corrected chi connectivity index (χ1v) is 9.57. The largest absolute Gasteiger partial charge is 0.493 e. The second-order valence-electron chi connectivity index (χ2n) is 5.51. The van der Waals surface area contributed by atoms with Gasteiger partial charge in [0.1, 0.15) is 5.75 Å². The van der Waals surface area contributed by atoms with Crippen molar-refractivity contribution in [2.45, 2.75) is 6.92 Å². The summed E-state index contributed by atoms with van der Waals surface area (Å²) < 4.78 is 20.5. The van der Waals surface area contributed by atoms with Crippen LogP contribution in [-0.4, -0.2) is 35.6 Å². The molecule has 0 radical (unpaired) electrons. The van der Waals surface area contributed by atoms with Crippen molar-refractivity contribution < 1.29 is 19.0 Å². The summed E-state index contributed by atoms with van der Waals surface area (Å²) in [6, 6.07) is 12.2. The van der Waals surface area contributed by atoms with E-state index < -0.39 is 0 Å². The van der Waals surface area contributed by atoms with Crippen molar-refractivity contribution in [1.29, 1.82) is 0 Å². The fourth-order valence-corrected chi connectivity index (χ4v) is 3.04. The first-order valence-electron chi connectivity index (χ1n) is 8.42. The molecule has 0 unspecified atom stereocenters. The SMILES string of the molecule is CCOc1ccc(-c2nsc(NC(=O)COc3ccc(Cl)cc3)n2)cc1OC. The maximum Gasteiger partial charge on any atom is 0.264 e. The number of halogens is 1. The third-order valence-electron chi connectivity index (χ3n) is 3.58. The first kappa shape index (κ1) is 19.9. The summed E-state index contributed by atoms with van der Waals surface area (Å²) in [5.74, 6) is 1.95. The summed E-state index contributed by atoms with van der Waals surface area (Å²) in [6.45, 7) is 2.30. The highest BCUT2D eigenvalue weighted by atomic mass is 35.5. The first-order chi connectivity index (χ1) is 13.6. The predicted octanol–water partition coefficient (Wildman–Crippen LogP) is 4.28. The molecule has 1 N–H and O–H groups in total. The predicted molar refractivity (Wildman–Crippen MR) is 109 cm³/mol. The smallest absolute Gasteiger partial charge is 0.264 e. The molecule has 0 atom stereocenters. The van der Waals surface area contributed by atoms with Crippen molar-refractivity contribution in [3.63, 3.8) is 0 Å². The lowest BCUT2D eigenvalue weighted by Crippen LogP contribution is -2.20. The Morgan fingerprint density at radius 1 is 1.14 bits per heavy atom. The average molecular weight is 420 g/mol. The zero-order valence-electron chi connectivity index (χ0n) is 15.3. The summed E-state index contributed by atoms with van der Waals surface area (Å²) in [4.78, 5) is 16.4. The van der Waals surface area contributed by atoms with Crippen LogP contribution in [0, 0.1) is 0 Å². The summed E-state index contributed by atoms with van der Waals surface area (Å²) in [7, 11) is 1.57. The molecular formula is C19H18ClN3O4S. The van der Waals surface area contributed by atoms with Crippen LogP contribution >= 0.6 is 23.1 Å². The number of aromatic nitrogens is 2. The van der Waals surface area contributed by atoms with Gasteiger partial charge < -0.3 is 14.2 Å². The van der Waals surface area contributed by atoms with Gasteiger partial charge in [0.25, 0.3) is 5.91 Å². The summed E-state index contributed by atoms with van der Waals surface area (Å²) in [6.07, 6.45) is 0. The van der Waals surface area contributed by atoms with Crippen LogP contribution in [0.25, 0.3) is 11.4 Å². The lowest BCUT2D eigenvalue weighted by molar-refractivity contribution is -0.118. The minimum absolute atomic E-state index is 0.145. The van der Waals surface area contributed by atoms with Gasteiger partial charge in [0.15, 0.2) is 23.9 Å². The Balaban J connectivity index is 1.62. The third-order valence-corrected chi connectivity index (χ3v) is 4.46. The number of benzene rings is 2. The molecule has 1 amide bonds. The van der Waals surface area contributed by atoms with Crippen LogP contribution in [0.15, 0.2) is 42.5 Å². The van der Waals surface area contributed by atoms with E-state index >= 15 is 0 Å². The summed E-state index contributed by atoms with van der Waals surface area (Å²) in [5.41, 5.74) is 0.759. The number of anilines is 1. The van der Waals surface area contributed by atoms with Crippen molar-refractivity contribution in [3.05, 3.63) is 47.5 Å². The van der Waals surface area contributed by atoms with Crippen LogP contribution in [0.3, 0.4) is 0 Å². The Morgan fingerprint density at radius 3 is 2.64 bits per heavy atom. The molecule has 7 nitrogen and oxygen atoms in total. The van der Waals surface area contributed by atoms with Gasteiger partial charge in [-0.25, -0.2) is 0 Å². The fraction of sp³-hybridized carbons (Fsp3) is 0.211. The van der Waals surface area contributed by atoms with Crippen molar-refractivity contribution in [2.75, 3.05) is 25.6 Å². The number of hydrogen-bond donors (Lipinski definition) is 1. The number of nitrogens with zero attached hydrogens (tertiary/aromatic N) is 2. The number of ether oxygens (including phenoxy) is 3. The monoisotopic (exact) mass is 419 g/mol. The number of carbonyl (C=O) groups excluding carboxylic acids is 1. The summed E-state index contributed by atoms with van der Waals surface area (Å²) >= 11 is 6.90. The van der Waals surface area contributed by atoms with Crippen LogP contribution in [0.2, 0.25) is 5.02 Å². The van der Waals surface area contributed by atoms with Crippen LogP contribution < -0.4 is 19.5 Å². The number of rotatable bonds is 8. The Kier molecular flexibility index (Phi) is 6.67. The third kappa shape index (κ3) is 5.11. The van der Waals surface area contributed by atoms with E-state index in [4.69, 9.17) is 25.8 Å². The Hall–Kier alpha value is -2.84. The van der Waals surface area contributed by atoms with Gasteiger partial charge in [0.2, 0.25) is 5.13 Å². The summed E-state index contributed by atoms with van der Waals surface area (Å²) in [5, 5.41) is 3.66. The van der Waals surface area contributed by atoms with Crippen LogP contribution in [0.4, 0.5) is 5.13 Å². The molecule has 2 aromatic carbocycles. The van der Waals surface area contributed by atoms with Gasteiger partial charge in [0.05, 0.1) is 13.7 Å². The number of hydrogen-bond acceptors (Lipinski definition) is 7. The molecule has 3 rings (SSSR count). The molecule has 0 spiro atoms. The molecule has 0 aliphatic carbocycles. The topological polar surface area (TPSA) is 82.6 Å². The molecule has 0 aliphatic rings. The fourth-order valence-electron chi connectivity index (χ4n) is 2.31. The van der Waals surface area contributed by atoms with Crippen LogP contribution in [0.5, 0.6) is 17.2 Å². The van der Waals surface area contributed by atoms with Gasteiger partial charge in [-0.15, -0.1) is 0 Å². The highest BCUT2D eigenvalue weighted by Crippen LogP contribution is 2.32. The molecule has 1 heterocycles. The van der Waals surface area contributed by atoms with E-state index in [1.54, 1.807) is 43.5 Å². The number of methoxy groups -OCH3 is 1. The second-order valence-corrected chi connectivity index (χ2v) is 6.70. The molecule has 0 fully saturated rings. The number of carbonyl (C=O) groups is 1. The Morgan fingerprint density at radius 2 is 1.93 bits per heavy atom. The van der Waals surface area contributed by atoms with Crippen molar-refractivity contribution in [1.82, 2.24) is 9.36 Å². The van der Waals surface area contributed by atoms with E-state index in [1.807, 2.05) is 13.0 Å². The molecular weight excluding hydrogens is 402 g/mol. The van der Waals surface area contributed by atoms with Crippen LogP contribution in [-0.2, 0) is 4.79 Å². The highest BCUT2D eigenvalue weighted by Gasteiger charge is 2.13. The number of amides is 1. The van der Waals surface area contributed by atoms with Crippen molar-refractivity contribution in [2.24, 2.45) is 0 Å². The van der Waals surface area contributed by atoms with Crippen molar-refractivity contribution in [3.8, 4) is 28.6 Å². The van der Waals surface area contributed by atoms with E-state index in [1.165, 1.54) is 0 Å². The lowest BCUT2D eigenvalue weighted by Gasteiger charge is -2.09. The molecule has 0 saturated heterocycles. The number of nitrogens with one attached hydrogen (secondary N) is 1. The molecule has 0 aliphatic heterocycles. The molecule has 1 aromatic heterocycles. The zero-order chi connectivity index (χ0) is 19.9. The van der Waals surface area contributed by atoms with Gasteiger partial charge >= 0.3 is 0 Å². The Labute approximate surface area is 171 Å².